The van der Waals surface area contributed by atoms with Crippen LogP contribution in [0.5, 0.6) is 0 Å². The van der Waals surface area contributed by atoms with Gasteiger partial charge < -0.3 is 0 Å². The first kappa shape index (κ1) is 10.3. The molecular weight excluding hydrogens is 228 g/mol. The van der Waals surface area contributed by atoms with Gasteiger partial charge in [-0.15, -0.1) is 11.3 Å². The van der Waals surface area contributed by atoms with Crippen LogP contribution in [0.4, 0.5) is 0 Å². The van der Waals surface area contributed by atoms with Gasteiger partial charge in [0.2, 0.25) is 0 Å². The summed E-state index contributed by atoms with van der Waals surface area (Å²) in [5.74, 6) is 0. The number of rotatable bonds is 2. The van der Waals surface area contributed by atoms with Crippen molar-refractivity contribution in [1.29, 1.82) is 0 Å². The minimum atomic E-state index is 0.776. The standard InChI is InChI=1S/C11H9ClN2S/c1-8(11-6-13-2-3-14-11)4-10-5-9(12)7-15-10/h2-7H,1H3. The van der Waals surface area contributed by atoms with E-state index in [0.717, 1.165) is 21.2 Å². The maximum Gasteiger partial charge on any atom is 0.0842 e. The lowest BCUT2D eigenvalue weighted by Gasteiger charge is -1.97. The summed E-state index contributed by atoms with van der Waals surface area (Å²) in [6, 6.07) is 1.94. The van der Waals surface area contributed by atoms with Crippen molar-refractivity contribution in [3.63, 3.8) is 0 Å². The smallest absolute Gasteiger partial charge is 0.0842 e. The Kier molecular flexibility index (Phi) is 3.14. The van der Waals surface area contributed by atoms with Gasteiger partial charge in [0.05, 0.1) is 16.9 Å². The van der Waals surface area contributed by atoms with Gasteiger partial charge in [-0.05, 0) is 24.6 Å². The molecule has 0 saturated carbocycles. The second-order valence-corrected chi connectivity index (χ2v) is 4.46. The van der Waals surface area contributed by atoms with Gasteiger partial charge in [-0.2, -0.15) is 0 Å². The monoisotopic (exact) mass is 236 g/mol. The largest absolute Gasteiger partial charge is 0.261 e. The molecule has 0 aliphatic rings. The van der Waals surface area contributed by atoms with E-state index >= 15 is 0 Å². The molecule has 2 nitrogen and oxygen atoms in total. The van der Waals surface area contributed by atoms with Crippen LogP contribution in [0.25, 0.3) is 11.6 Å². The molecule has 0 aliphatic heterocycles. The Morgan fingerprint density at radius 3 is 2.93 bits per heavy atom. The lowest BCUT2D eigenvalue weighted by Crippen LogP contribution is -1.85. The van der Waals surface area contributed by atoms with E-state index < -0.39 is 0 Å². The summed E-state index contributed by atoms with van der Waals surface area (Å²) in [7, 11) is 0. The number of halogens is 1. The van der Waals surface area contributed by atoms with E-state index in [2.05, 4.69) is 16.0 Å². The van der Waals surface area contributed by atoms with Gasteiger partial charge in [0.15, 0.2) is 0 Å². The van der Waals surface area contributed by atoms with E-state index in [0.29, 0.717) is 0 Å². The highest BCUT2D eigenvalue weighted by molar-refractivity contribution is 7.11. The average Bonchev–Trinajstić information content (AvgIpc) is 2.65. The van der Waals surface area contributed by atoms with E-state index in [9.17, 15) is 0 Å². The summed E-state index contributed by atoms with van der Waals surface area (Å²) in [5, 5.41) is 2.69. The normalized spacial score (nSPS) is 11.7. The van der Waals surface area contributed by atoms with Gasteiger partial charge in [-0.1, -0.05) is 11.6 Å². The molecule has 2 aromatic heterocycles. The topological polar surface area (TPSA) is 25.8 Å². The van der Waals surface area contributed by atoms with Crippen molar-refractivity contribution < 1.29 is 0 Å². The van der Waals surface area contributed by atoms with Crippen LogP contribution in [-0.4, -0.2) is 9.97 Å². The quantitative estimate of drug-likeness (QED) is 0.794. The summed E-state index contributed by atoms with van der Waals surface area (Å²) in [6.07, 6.45) is 7.16. The number of nitrogens with zero attached hydrogens (tertiary/aromatic N) is 2. The molecule has 0 bridgehead atoms. The number of hydrogen-bond acceptors (Lipinski definition) is 3. The molecule has 0 amide bonds. The molecule has 0 spiro atoms. The minimum Gasteiger partial charge on any atom is -0.261 e. The summed E-state index contributed by atoms with van der Waals surface area (Å²) in [5.41, 5.74) is 1.98. The van der Waals surface area contributed by atoms with Crippen molar-refractivity contribution in [2.24, 2.45) is 0 Å². The van der Waals surface area contributed by atoms with Crippen molar-refractivity contribution in [2.45, 2.75) is 6.92 Å². The number of allylic oxidation sites excluding steroid dienone is 1. The van der Waals surface area contributed by atoms with E-state index in [1.165, 1.54) is 0 Å². The van der Waals surface area contributed by atoms with Gasteiger partial charge in [0.1, 0.15) is 0 Å². The first-order valence-corrected chi connectivity index (χ1v) is 5.70. The Bertz CT molecular complexity index is 476. The summed E-state index contributed by atoms with van der Waals surface area (Å²) in [6.45, 7) is 2.01. The van der Waals surface area contributed by atoms with Crippen LogP contribution >= 0.6 is 22.9 Å². The Balaban J connectivity index is 2.28. The van der Waals surface area contributed by atoms with Crippen LogP contribution < -0.4 is 0 Å². The predicted molar refractivity (Wildman–Crippen MR) is 64.9 cm³/mol. The fourth-order valence-electron chi connectivity index (χ4n) is 1.19. The molecule has 0 unspecified atom stereocenters. The molecule has 2 aromatic rings. The van der Waals surface area contributed by atoms with E-state index in [1.807, 2.05) is 18.4 Å². The molecule has 15 heavy (non-hydrogen) atoms. The molecule has 76 valence electrons. The third-order valence-electron chi connectivity index (χ3n) is 1.91. The van der Waals surface area contributed by atoms with Crippen LogP contribution in [0.3, 0.4) is 0 Å². The van der Waals surface area contributed by atoms with Gasteiger partial charge in [-0.3, -0.25) is 9.97 Å². The first-order chi connectivity index (χ1) is 7.25. The minimum absolute atomic E-state index is 0.776. The van der Waals surface area contributed by atoms with Crippen LogP contribution in [-0.2, 0) is 0 Å². The summed E-state index contributed by atoms with van der Waals surface area (Å²) < 4.78 is 0. The number of hydrogen-bond donors (Lipinski definition) is 0. The molecule has 0 aliphatic carbocycles. The van der Waals surface area contributed by atoms with Gasteiger partial charge in [-0.25, -0.2) is 0 Å². The van der Waals surface area contributed by atoms with Gasteiger partial charge >= 0.3 is 0 Å². The maximum atomic E-state index is 5.84. The molecule has 2 rings (SSSR count). The summed E-state index contributed by atoms with van der Waals surface area (Å²) in [4.78, 5) is 9.38. The lowest BCUT2D eigenvalue weighted by atomic mass is 10.2. The SMILES string of the molecule is CC(=Cc1cc(Cl)cs1)c1cnccn1. The lowest BCUT2D eigenvalue weighted by molar-refractivity contribution is 1.17. The number of thiophene rings is 1. The molecule has 0 fully saturated rings. The zero-order valence-corrected chi connectivity index (χ0v) is 9.72. The van der Waals surface area contributed by atoms with Crippen molar-refractivity contribution in [2.75, 3.05) is 0 Å². The second-order valence-electron chi connectivity index (χ2n) is 3.09. The van der Waals surface area contributed by atoms with Gasteiger partial charge in [0.25, 0.3) is 0 Å². The van der Waals surface area contributed by atoms with Crippen LogP contribution in [0.1, 0.15) is 17.5 Å². The molecular formula is C11H9ClN2S. The third kappa shape index (κ3) is 2.64. The van der Waals surface area contributed by atoms with Crippen molar-refractivity contribution in [3.8, 4) is 0 Å². The Labute approximate surface area is 97.3 Å². The van der Waals surface area contributed by atoms with Crippen molar-refractivity contribution in [3.05, 3.63) is 45.6 Å². The molecule has 0 radical (unpaired) electrons. The molecule has 4 heteroatoms. The van der Waals surface area contributed by atoms with Crippen LogP contribution in [0, 0.1) is 0 Å². The first-order valence-electron chi connectivity index (χ1n) is 4.44. The zero-order chi connectivity index (χ0) is 10.7. The van der Waals surface area contributed by atoms with Crippen LogP contribution in [0.2, 0.25) is 5.02 Å². The maximum absolute atomic E-state index is 5.84. The zero-order valence-electron chi connectivity index (χ0n) is 8.14. The number of aromatic nitrogens is 2. The third-order valence-corrected chi connectivity index (χ3v) is 3.14. The average molecular weight is 237 g/mol. The summed E-state index contributed by atoms with van der Waals surface area (Å²) >= 11 is 7.46. The molecule has 0 saturated heterocycles. The fraction of sp³-hybridized carbons (Fsp3) is 0.0909. The highest BCUT2D eigenvalue weighted by atomic mass is 35.5. The Morgan fingerprint density at radius 2 is 2.33 bits per heavy atom. The molecule has 2 heterocycles. The van der Waals surface area contributed by atoms with Crippen molar-refractivity contribution >= 4 is 34.6 Å². The highest BCUT2D eigenvalue weighted by Crippen LogP contribution is 2.23. The van der Waals surface area contributed by atoms with Crippen molar-refractivity contribution in [1.82, 2.24) is 9.97 Å². The molecule has 0 atom stereocenters. The second kappa shape index (κ2) is 4.55. The van der Waals surface area contributed by atoms with Crippen LogP contribution in [0.15, 0.2) is 30.0 Å². The predicted octanol–water partition coefficient (Wildman–Crippen LogP) is 3.75. The van der Waals surface area contributed by atoms with E-state index in [-0.39, 0.29) is 0 Å². The fourth-order valence-corrected chi connectivity index (χ4v) is 2.27. The molecule has 0 N–H and O–H groups in total. The Morgan fingerprint density at radius 1 is 1.47 bits per heavy atom. The Hall–Kier alpha value is -1.19. The van der Waals surface area contributed by atoms with E-state index in [4.69, 9.17) is 11.6 Å². The van der Waals surface area contributed by atoms with E-state index in [1.54, 1.807) is 29.9 Å². The highest BCUT2D eigenvalue weighted by Gasteiger charge is 1.99. The van der Waals surface area contributed by atoms with Gasteiger partial charge in [0, 0.05) is 22.7 Å². The molecule has 0 aromatic carbocycles.